The number of benzene rings is 1. The molecule has 20 heavy (non-hydrogen) atoms. The summed E-state index contributed by atoms with van der Waals surface area (Å²) in [5, 5.41) is 9.66. The largest absolute Gasteiger partial charge is 0.397 e. The van der Waals surface area contributed by atoms with Gasteiger partial charge >= 0.3 is 0 Å². The lowest BCUT2D eigenvalue weighted by molar-refractivity contribution is 0.0622. The Morgan fingerprint density at radius 1 is 1.35 bits per heavy atom. The lowest BCUT2D eigenvalue weighted by atomic mass is 10.1. The molecule has 1 aromatic rings. The molecule has 0 fully saturated rings. The van der Waals surface area contributed by atoms with Crippen LogP contribution in [0.4, 0.5) is 5.69 Å². The number of nitrogens with zero attached hydrogens (tertiary/aromatic N) is 1. The first kappa shape index (κ1) is 17.1. The fraction of sp³-hybridized carbons (Fsp3) is 0.500. The number of halogens is 2. The zero-order valence-electron chi connectivity index (χ0n) is 11.7. The van der Waals surface area contributed by atoms with E-state index < -0.39 is 0 Å². The highest BCUT2D eigenvalue weighted by molar-refractivity contribution is 6.43. The van der Waals surface area contributed by atoms with Crippen LogP contribution < -0.4 is 5.73 Å². The predicted octanol–water partition coefficient (Wildman–Crippen LogP) is 3.20. The summed E-state index contributed by atoms with van der Waals surface area (Å²) in [6, 6.07) is 3.10. The van der Waals surface area contributed by atoms with E-state index in [0.29, 0.717) is 5.56 Å². The lowest BCUT2D eigenvalue weighted by Crippen LogP contribution is -2.41. The molecule has 1 aromatic carbocycles. The van der Waals surface area contributed by atoms with Gasteiger partial charge in [0.05, 0.1) is 22.3 Å². The number of aliphatic hydroxyl groups is 1. The molecule has 0 aliphatic carbocycles. The number of nitrogen functional groups attached to an aromatic ring is 1. The summed E-state index contributed by atoms with van der Waals surface area (Å²) >= 11 is 11.9. The van der Waals surface area contributed by atoms with Crippen LogP contribution in [-0.4, -0.2) is 35.1 Å². The quantitative estimate of drug-likeness (QED) is 0.791. The number of amides is 1. The second-order valence-corrected chi connectivity index (χ2v) is 5.34. The second kappa shape index (κ2) is 7.72. The molecule has 0 saturated carbocycles. The van der Waals surface area contributed by atoms with Crippen molar-refractivity contribution in [3.63, 3.8) is 0 Å². The van der Waals surface area contributed by atoms with Gasteiger partial charge in [-0.05, 0) is 25.0 Å². The van der Waals surface area contributed by atoms with E-state index in [4.69, 9.17) is 34.0 Å². The number of carbonyl (C=O) groups excluding carboxylic acids is 1. The molecule has 0 aromatic heterocycles. The molecular weight excluding hydrogens is 299 g/mol. The van der Waals surface area contributed by atoms with Crippen LogP contribution in [0, 0.1) is 0 Å². The van der Waals surface area contributed by atoms with Crippen molar-refractivity contribution in [2.24, 2.45) is 0 Å². The fourth-order valence-electron chi connectivity index (χ4n) is 2.19. The van der Waals surface area contributed by atoms with Gasteiger partial charge in [0.25, 0.3) is 5.91 Å². The Balaban J connectivity index is 3.12. The van der Waals surface area contributed by atoms with Crippen molar-refractivity contribution in [1.29, 1.82) is 0 Å². The number of carbonyl (C=O) groups is 1. The Morgan fingerprint density at radius 2 is 1.95 bits per heavy atom. The van der Waals surface area contributed by atoms with Crippen molar-refractivity contribution in [3.05, 3.63) is 27.7 Å². The van der Waals surface area contributed by atoms with Crippen LogP contribution in [0.2, 0.25) is 10.0 Å². The summed E-state index contributed by atoms with van der Waals surface area (Å²) < 4.78 is 0. The third-order valence-corrected chi connectivity index (χ3v) is 4.10. The molecule has 0 aliphatic heterocycles. The third-order valence-electron chi connectivity index (χ3n) is 3.29. The van der Waals surface area contributed by atoms with Gasteiger partial charge in [-0.3, -0.25) is 4.79 Å². The second-order valence-electron chi connectivity index (χ2n) is 4.55. The SMILES string of the molecule is CCC(CC)N(CCO)C(=O)c1cc(N)c(Cl)c(Cl)c1. The zero-order valence-corrected chi connectivity index (χ0v) is 13.2. The van der Waals surface area contributed by atoms with Gasteiger partial charge in [0.1, 0.15) is 0 Å². The number of anilines is 1. The van der Waals surface area contributed by atoms with Crippen molar-refractivity contribution >= 4 is 34.8 Å². The molecule has 0 atom stereocenters. The molecule has 0 unspecified atom stereocenters. The number of nitrogens with two attached hydrogens (primary N) is 1. The Labute approximate surface area is 129 Å². The molecule has 0 bridgehead atoms. The molecule has 1 amide bonds. The highest BCUT2D eigenvalue weighted by Crippen LogP contribution is 2.30. The summed E-state index contributed by atoms with van der Waals surface area (Å²) in [7, 11) is 0. The van der Waals surface area contributed by atoms with Gasteiger partial charge < -0.3 is 15.7 Å². The average Bonchev–Trinajstić information content (AvgIpc) is 2.43. The van der Waals surface area contributed by atoms with Crippen molar-refractivity contribution in [2.45, 2.75) is 32.7 Å². The average molecular weight is 319 g/mol. The summed E-state index contributed by atoms with van der Waals surface area (Å²) in [6.45, 7) is 4.22. The van der Waals surface area contributed by atoms with E-state index in [-0.39, 0.29) is 40.8 Å². The van der Waals surface area contributed by atoms with Crippen molar-refractivity contribution in [2.75, 3.05) is 18.9 Å². The van der Waals surface area contributed by atoms with Gasteiger partial charge in [-0.2, -0.15) is 0 Å². The normalized spacial score (nSPS) is 10.9. The maximum atomic E-state index is 12.6. The van der Waals surface area contributed by atoms with E-state index in [1.807, 2.05) is 13.8 Å². The Hall–Kier alpha value is -0.970. The van der Waals surface area contributed by atoms with Crippen LogP contribution >= 0.6 is 23.2 Å². The molecule has 0 radical (unpaired) electrons. The fourth-order valence-corrected chi connectivity index (χ4v) is 2.52. The van der Waals surface area contributed by atoms with Gasteiger partial charge in [-0.25, -0.2) is 0 Å². The highest BCUT2D eigenvalue weighted by Gasteiger charge is 2.23. The summed E-state index contributed by atoms with van der Waals surface area (Å²) in [6.07, 6.45) is 1.64. The molecule has 0 aliphatic rings. The molecular formula is C14H20Cl2N2O2. The molecule has 0 spiro atoms. The van der Waals surface area contributed by atoms with E-state index in [1.54, 1.807) is 4.90 Å². The first-order valence-corrected chi connectivity index (χ1v) is 7.38. The number of rotatable bonds is 6. The van der Waals surface area contributed by atoms with Gasteiger partial charge in [0, 0.05) is 18.2 Å². The maximum absolute atomic E-state index is 12.6. The van der Waals surface area contributed by atoms with Crippen LogP contribution in [0.3, 0.4) is 0 Å². The Morgan fingerprint density at radius 3 is 2.40 bits per heavy atom. The topological polar surface area (TPSA) is 66.6 Å². The molecule has 0 heterocycles. The van der Waals surface area contributed by atoms with Gasteiger partial charge in [0.2, 0.25) is 0 Å². The van der Waals surface area contributed by atoms with Crippen LogP contribution in [0.25, 0.3) is 0 Å². The zero-order chi connectivity index (χ0) is 15.3. The maximum Gasteiger partial charge on any atom is 0.254 e. The van der Waals surface area contributed by atoms with Crippen molar-refractivity contribution in [1.82, 2.24) is 4.90 Å². The number of hydrogen-bond donors (Lipinski definition) is 2. The van der Waals surface area contributed by atoms with E-state index in [2.05, 4.69) is 0 Å². The van der Waals surface area contributed by atoms with Crippen LogP contribution in [0.1, 0.15) is 37.0 Å². The smallest absolute Gasteiger partial charge is 0.254 e. The van der Waals surface area contributed by atoms with E-state index in [9.17, 15) is 4.79 Å². The minimum atomic E-state index is -0.196. The molecule has 112 valence electrons. The Bertz CT molecular complexity index is 453. The summed E-state index contributed by atoms with van der Waals surface area (Å²) in [5.41, 5.74) is 6.40. The summed E-state index contributed by atoms with van der Waals surface area (Å²) in [5.74, 6) is -0.196. The minimum Gasteiger partial charge on any atom is -0.397 e. The molecule has 3 N–H and O–H groups in total. The first-order chi connectivity index (χ1) is 9.46. The van der Waals surface area contributed by atoms with Crippen LogP contribution in [0.15, 0.2) is 12.1 Å². The van der Waals surface area contributed by atoms with Crippen LogP contribution in [0.5, 0.6) is 0 Å². The third kappa shape index (κ3) is 3.78. The minimum absolute atomic E-state index is 0.0744. The highest BCUT2D eigenvalue weighted by atomic mass is 35.5. The van der Waals surface area contributed by atoms with E-state index >= 15 is 0 Å². The molecule has 4 nitrogen and oxygen atoms in total. The van der Waals surface area contributed by atoms with Gasteiger partial charge in [-0.15, -0.1) is 0 Å². The first-order valence-electron chi connectivity index (χ1n) is 6.62. The lowest BCUT2D eigenvalue weighted by Gasteiger charge is -2.30. The van der Waals surface area contributed by atoms with Crippen LogP contribution in [-0.2, 0) is 0 Å². The van der Waals surface area contributed by atoms with E-state index in [1.165, 1.54) is 12.1 Å². The van der Waals surface area contributed by atoms with Crippen molar-refractivity contribution in [3.8, 4) is 0 Å². The van der Waals surface area contributed by atoms with Gasteiger partial charge in [-0.1, -0.05) is 37.0 Å². The Kier molecular flexibility index (Phi) is 6.59. The van der Waals surface area contributed by atoms with E-state index in [0.717, 1.165) is 12.8 Å². The van der Waals surface area contributed by atoms with Gasteiger partial charge in [0.15, 0.2) is 0 Å². The number of aliphatic hydroxyl groups excluding tert-OH is 1. The molecule has 6 heteroatoms. The predicted molar refractivity (Wildman–Crippen MR) is 83.4 cm³/mol. The van der Waals surface area contributed by atoms with Crippen molar-refractivity contribution < 1.29 is 9.90 Å². The number of hydrogen-bond acceptors (Lipinski definition) is 3. The molecule has 1 rings (SSSR count). The monoisotopic (exact) mass is 318 g/mol. The summed E-state index contributed by atoms with van der Waals surface area (Å²) in [4.78, 5) is 14.2. The molecule has 0 saturated heterocycles. The standard InChI is InChI=1S/C14H20Cl2N2O2/c1-3-10(4-2)18(5-6-19)14(20)9-7-11(15)13(16)12(17)8-9/h7-8,10,19H,3-6,17H2,1-2H3.